The third-order valence-electron chi connectivity index (χ3n) is 3.77. The van der Waals surface area contributed by atoms with Crippen molar-refractivity contribution < 1.29 is 4.79 Å². The molecule has 0 saturated heterocycles. The van der Waals surface area contributed by atoms with Crippen molar-refractivity contribution in [3.8, 4) is 0 Å². The molecular formula is C14H19BrN2OS. The molecule has 1 amide bonds. The third-order valence-corrected chi connectivity index (χ3v) is 5.82. The quantitative estimate of drug-likeness (QED) is 0.849. The molecule has 0 spiro atoms. The van der Waals surface area contributed by atoms with E-state index in [0.29, 0.717) is 10.2 Å². The van der Waals surface area contributed by atoms with Gasteiger partial charge in [0.2, 0.25) is 0 Å². The molecule has 1 aromatic heterocycles. The molecule has 0 atom stereocenters. The van der Waals surface area contributed by atoms with Gasteiger partial charge in [0.25, 0.3) is 5.91 Å². The van der Waals surface area contributed by atoms with E-state index in [4.69, 9.17) is 0 Å². The van der Waals surface area contributed by atoms with Crippen LogP contribution in [0.3, 0.4) is 0 Å². The minimum Gasteiger partial charge on any atom is -0.351 e. The maximum atomic E-state index is 12.2. The zero-order chi connectivity index (χ0) is 13.7. The standard InChI is InChI=1S/C14H19BrN2OS/c1-19-14(7-3-2-4-8-14)10-17-13(18)11-6-5-9-16-12(11)15/h5-6,9H,2-4,7-8,10H2,1H3,(H,17,18). The molecule has 0 radical (unpaired) electrons. The van der Waals surface area contributed by atoms with Crippen LogP contribution in [0.15, 0.2) is 22.9 Å². The van der Waals surface area contributed by atoms with Crippen LogP contribution < -0.4 is 5.32 Å². The molecule has 1 saturated carbocycles. The van der Waals surface area contributed by atoms with Crippen LogP contribution in [-0.2, 0) is 0 Å². The highest BCUT2D eigenvalue weighted by Gasteiger charge is 2.31. The molecule has 19 heavy (non-hydrogen) atoms. The Kier molecular flexibility index (Phi) is 5.28. The van der Waals surface area contributed by atoms with Crippen molar-refractivity contribution in [2.75, 3.05) is 12.8 Å². The summed E-state index contributed by atoms with van der Waals surface area (Å²) in [5, 5.41) is 3.07. The fourth-order valence-electron chi connectivity index (χ4n) is 2.54. The minimum absolute atomic E-state index is 0.0426. The first kappa shape index (κ1) is 14.9. The predicted octanol–water partition coefficient (Wildman–Crippen LogP) is 3.64. The van der Waals surface area contributed by atoms with Crippen LogP contribution in [0, 0.1) is 0 Å². The van der Waals surface area contributed by atoms with Gasteiger partial charge in [0, 0.05) is 17.5 Å². The maximum Gasteiger partial charge on any atom is 0.254 e. The minimum atomic E-state index is -0.0426. The lowest BCUT2D eigenvalue weighted by molar-refractivity contribution is 0.0945. The SMILES string of the molecule is CSC1(CNC(=O)c2cccnc2Br)CCCCC1. The lowest BCUT2D eigenvalue weighted by atomic mass is 9.88. The molecule has 1 N–H and O–H groups in total. The molecule has 1 fully saturated rings. The summed E-state index contributed by atoms with van der Waals surface area (Å²) >= 11 is 5.21. The van der Waals surface area contributed by atoms with E-state index in [0.717, 1.165) is 6.54 Å². The Morgan fingerprint density at radius 1 is 1.47 bits per heavy atom. The van der Waals surface area contributed by atoms with Crippen molar-refractivity contribution in [2.45, 2.75) is 36.9 Å². The highest BCUT2D eigenvalue weighted by molar-refractivity contribution is 9.10. The summed E-state index contributed by atoms with van der Waals surface area (Å²) in [5.74, 6) is -0.0426. The third kappa shape index (κ3) is 3.72. The maximum absolute atomic E-state index is 12.2. The summed E-state index contributed by atoms with van der Waals surface area (Å²) in [6, 6.07) is 3.57. The average Bonchev–Trinajstić information content (AvgIpc) is 2.46. The van der Waals surface area contributed by atoms with Crippen molar-refractivity contribution in [3.63, 3.8) is 0 Å². The number of nitrogens with one attached hydrogen (secondary N) is 1. The Labute approximate surface area is 127 Å². The van der Waals surface area contributed by atoms with E-state index in [1.165, 1.54) is 32.1 Å². The highest BCUT2D eigenvalue weighted by atomic mass is 79.9. The fraction of sp³-hybridized carbons (Fsp3) is 0.571. The van der Waals surface area contributed by atoms with Crippen LogP contribution in [0.1, 0.15) is 42.5 Å². The second-order valence-corrected chi connectivity index (χ2v) is 7.00. The number of hydrogen-bond acceptors (Lipinski definition) is 3. The molecule has 0 aliphatic heterocycles. The van der Waals surface area contributed by atoms with Gasteiger partial charge in [-0.1, -0.05) is 19.3 Å². The van der Waals surface area contributed by atoms with Crippen molar-refractivity contribution in [3.05, 3.63) is 28.5 Å². The van der Waals surface area contributed by atoms with Crippen molar-refractivity contribution in [2.24, 2.45) is 0 Å². The number of carbonyl (C=O) groups excluding carboxylic acids is 1. The molecule has 1 aromatic rings. The topological polar surface area (TPSA) is 42.0 Å². The van der Waals surface area contributed by atoms with Gasteiger partial charge < -0.3 is 5.32 Å². The summed E-state index contributed by atoms with van der Waals surface area (Å²) in [6.45, 7) is 0.744. The Bertz CT molecular complexity index is 447. The van der Waals surface area contributed by atoms with Crippen LogP contribution in [0.5, 0.6) is 0 Å². The fourth-order valence-corrected chi connectivity index (χ4v) is 3.89. The summed E-state index contributed by atoms with van der Waals surface area (Å²) in [7, 11) is 0. The first-order valence-electron chi connectivity index (χ1n) is 6.61. The lowest BCUT2D eigenvalue weighted by Gasteiger charge is -2.35. The molecule has 104 valence electrons. The second kappa shape index (κ2) is 6.75. The number of nitrogens with zero attached hydrogens (tertiary/aromatic N) is 1. The van der Waals surface area contributed by atoms with Crippen LogP contribution in [0.4, 0.5) is 0 Å². The summed E-state index contributed by atoms with van der Waals surface area (Å²) in [5.41, 5.74) is 0.606. The smallest absolute Gasteiger partial charge is 0.254 e. The van der Waals surface area contributed by atoms with E-state index >= 15 is 0 Å². The number of thioether (sulfide) groups is 1. The number of pyridine rings is 1. The van der Waals surface area contributed by atoms with Crippen LogP contribution in [-0.4, -0.2) is 28.4 Å². The zero-order valence-corrected chi connectivity index (χ0v) is 13.5. The molecule has 0 bridgehead atoms. The number of aromatic nitrogens is 1. The molecule has 0 aromatic carbocycles. The Hall–Kier alpha value is -0.550. The molecule has 0 unspecified atom stereocenters. The number of hydrogen-bond donors (Lipinski definition) is 1. The number of halogens is 1. The zero-order valence-electron chi connectivity index (χ0n) is 11.1. The molecule has 3 nitrogen and oxygen atoms in total. The van der Waals surface area contributed by atoms with Crippen LogP contribution >= 0.6 is 27.7 Å². The van der Waals surface area contributed by atoms with Crippen LogP contribution in [0.2, 0.25) is 0 Å². The van der Waals surface area contributed by atoms with Gasteiger partial charge >= 0.3 is 0 Å². The lowest BCUT2D eigenvalue weighted by Crippen LogP contribution is -2.41. The van der Waals surface area contributed by atoms with E-state index in [9.17, 15) is 4.79 Å². The highest BCUT2D eigenvalue weighted by Crippen LogP contribution is 2.38. The van der Waals surface area contributed by atoms with E-state index in [1.807, 2.05) is 11.8 Å². The summed E-state index contributed by atoms with van der Waals surface area (Å²) in [6.07, 6.45) is 10.1. The van der Waals surface area contributed by atoms with E-state index in [1.54, 1.807) is 18.3 Å². The van der Waals surface area contributed by atoms with Gasteiger partial charge in [0.05, 0.1) is 5.56 Å². The van der Waals surface area contributed by atoms with Crippen molar-refractivity contribution >= 4 is 33.6 Å². The molecule has 1 aliphatic carbocycles. The van der Waals surface area contributed by atoms with Gasteiger partial charge in [-0.2, -0.15) is 11.8 Å². The normalized spacial score (nSPS) is 18.0. The monoisotopic (exact) mass is 342 g/mol. The first-order chi connectivity index (χ1) is 9.17. The van der Waals surface area contributed by atoms with E-state index in [-0.39, 0.29) is 10.7 Å². The second-order valence-electron chi connectivity index (χ2n) is 4.97. The van der Waals surface area contributed by atoms with Crippen molar-refractivity contribution in [1.29, 1.82) is 0 Å². The Balaban J connectivity index is 1.98. The molecular weight excluding hydrogens is 324 g/mol. The van der Waals surface area contributed by atoms with E-state index in [2.05, 4.69) is 32.5 Å². The van der Waals surface area contributed by atoms with Gasteiger partial charge in [0.15, 0.2) is 0 Å². The van der Waals surface area contributed by atoms with E-state index < -0.39 is 0 Å². The van der Waals surface area contributed by atoms with Gasteiger partial charge in [-0.25, -0.2) is 4.98 Å². The summed E-state index contributed by atoms with van der Waals surface area (Å²) in [4.78, 5) is 16.3. The Morgan fingerprint density at radius 3 is 2.84 bits per heavy atom. The number of amides is 1. The molecule has 2 rings (SSSR count). The first-order valence-corrected chi connectivity index (χ1v) is 8.62. The van der Waals surface area contributed by atoms with Gasteiger partial charge in [-0.3, -0.25) is 4.79 Å². The van der Waals surface area contributed by atoms with Crippen molar-refractivity contribution in [1.82, 2.24) is 10.3 Å². The van der Waals surface area contributed by atoms with Gasteiger partial charge in [-0.15, -0.1) is 0 Å². The molecule has 1 aliphatic rings. The van der Waals surface area contributed by atoms with Gasteiger partial charge in [-0.05, 0) is 47.2 Å². The van der Waals surface area contributed by atoms with Gasteiger partial charge in [0.1, 0.15) is 4.60 Å². The molecule has 1 heterocycles. The summed E-state index contributed by atoms with van der Waals surface area (Å²) < 4.78 is 0.831. The van der Waals surface area contributed by atoms with Crippen LogP contribution in [0.25, 0.3) is 0 Å². The average molecular weight is 343 g/mol. The number of rotatable bonds is 4. The Morgan fingerprint density at radius 2 is 2.21 bits per heavy atom. The number of carbonyl (C=O) groups is 1. The predicted molar refractivity (Wildman–Crippen MR) is 83.6 cm³/mol. The largest absolute Gasteiger partial charge is 0.351 e. The molecule has 5 heteroatoms.